The molecule has 1 amide bonds. The van der Waals surface area contributed by atoms with E-state index in [1.54, 1.807) is 6.20 Å². The smallest absolute Gasteiger partial charge is 0.296 e. The molecular weight excluding hydrogens is 410 g/mol. The highest BCUT2D eigenvalue weighted by molar-refractivity contribution is 7.16. The number of benzene rings is 1. The van der Waals surface area contributed by atoms with Gasteiger partial charge in [0, 0.05) is 25.4 Å². The number of hydrogen-bond donors (Lipinski definition) is 1. The normalized spacial score (nSPS) is 12.8. The van der Waals surface area contributed by atoms with Gasteiger partial charge in [-0.25, -0.2) is 4.98 Å². The summed E-state index contributed by atoms with van der Waals surface area (Å²) in [5.74, 6) is -0.249. The van der Waals surface area contributed by atoms with Gasteiger partial charge >= 0.3 is 0 Å². The number of hydrogen-bond acceptors (Lipinski definition) is 9. The Morgan fingerprint density at radius 2 is 2.03 bits per heavy atom. The molecule has 1 aliphatic rings. The molecule has 1 aromatic heterocycles. The van der Waals surface area contributed by atoms with Gasteiger partial charge in [-0.15, -0.1) is 0 Å². The summed E-state index contributed by atoms with van der Waals surface area (Å²) in [4.78, 5) is 30.4. The third-order valence-electron chi connectivity index (χ3n) is 4.30. The fraction of sp³-hybridized carbons (Fsp3) is 0.316. The molecule has 0 fully saturated rings. The van der Waals surface area contributed by atoms with Crippen LogP contribution in [0.1, 0.15) is 18.7 Å². The molecule has 0 radical (unpaired) electrons. The Kier molecular flexibility index (Phi) is 6.48. The number of rotatable bonds is 7. The molecular formula is C19H19N5O5S. The highest BCUT2D eigenvalue weighted by Gasteiger charge is 2.24. The predicted octanol–water partition coefficient (Wildman–Crippen LogP) is 3.21. The molecule has 2 aromatic rings. The minimum absolute atomic E-state index is 0.0801. The molecule has 3 rings (SSSR count). The van der Waals surface area contributed by atoms with Gasteiger partial charge in [-0.05, 0) is 19.9 Å². The van der Waals surface area contributed by atoms with Crippen LogP contribution in [0.25, 0.3) is 6.08 Å². The van der Waals surface area contributed by atoms with Crippen LogP contribution in [0.3, 0.4) is 0 Å². The SMILES string of the molecule is CCN(CC)c1ncc(/C=C(\C#N)C(=O)Nc2cc3c(cc2[N+](=O)[O-])OCCO3)s1. The summed E-state index contributed by atoms with van der Waals surface area (Å²) in [5.41, 5.74) is -0.635. The number of nitrogens with zero attached hydrogens (tertiary/aromatic N) is 4. The van der Waals surface area contributed by atoms with Gasteiger partial charge in [0.2, 0.25) is 0 Å². The Bertz CT molecular complexity index is 1040. The maximum absolute atomic E-state index is 12.6. The van der Waals surface area contributed by atoms with Crippen molar-refractivity contribution in [3.05, 3.63) is 38.9 Å². The molecule has 30 heavy (non-hydrogen) atoms. The van der Waals surface area contributed by atoms with Crippen LogP contribution in [-0.4, -0.2) is 42.1 Å². The molecule has 156 valence electrons. The zero-order chi connectivity index (χ0) is 21.7. The fourth-order valence-corrected chi connectivity index (χ4v) is 3.78. The topological polar surface area (TPSA) is 131 Å². The van der Waals surface area contributed by atoms with Gasteiger partial charge in [-0.1, -0.05) is 11.3 Å². The van der Waals surface area contributed by atoms with Crippen LogP contribution in [0, 0.1) is 21.4 Å². The van der Waals surface area contributed by atoms with Crippen LogP contribution in [0.2, 0.25) is 0 Å². The van der Waals surface area contributed by atoms with E-state index in [0.29, 0.717) is 11.5 Å². The number of nitrogens with one attached hydrogen (secondary N) is 1. The van der Waals surface area contributed by atoms with E-state index < -0.39 is 10.8 Å². The van der Waals surface area contributed by atoms with Crippen molar-refractivity contribution in [2.24, 2.45) is 0 Å². The van der Waals surface area contributed by atoms with Crippen molar-refractivity contribution in [3.63, 3.8) is 0 Å². The first-order valence-electron chi connectivity index (χ1n) is 9.18. The van der Waals surface area contributed by atoms with E-state index in [-0.39, 0.29) is 35.1 Å². The summed E-state index contributed by atoms with van der Waals surface area (Å²) < 4.78 is 10.8. The van der Waals surface area contributed by atoms with E-state index in [4.69, 9.17) is 9.47 Å². The van der Waals surface area contributed by atoms with Crippen LogP contribution in [0.15, 0.2) is 23.9 Å². The Labute approximate surface area is 176 Å². The maximum Gasteiger partial charge on any atom is 0.296 e. The number of aromatic nitrogens is 1. The third-order valence-corrected chi connectivity index (χ3v) is 5.31. The molecule has 0 saturated heterocycles. The van der Waals surface area contributed by atoms with Gasteiger partial charge in [-0.2, -0.15) is 5.26 Å². The largest absolute Gasteiger partial charge is 0.486 e. The van der Waals surface area contributed by atoms with Crippen LogP contribution >= 0.6 is 11.3 Å². The van der Waals surface area contributed by atoms with Crippen LogP contribution in [0.5, 0.6) is 11.5 Å². The number of nitro groups is 1. The number of ether oxygens (including phenoxy) is 2. The molecule has 0 spiro atoms. The second-order valence-corrected chi connectivity index (χ2v) is 7.15. The molecule has 0 bridgehead atoms. The molecule has 10 nitrogen and oxygen atoms in total. The predicted molar refractivity (Wildman–Crippen MR) is 112 cm³/mol. The lowest BCUT2D eigenvalue weighted by Crippen LogP contribution is -2.21. The number of anilines is 2. The first-order chi connectivity index (χ1) is 14.5. The number of amides is 1. The molecule has 2 heterocycles. The highest BCUT2D eigenvalue weighted by Crippen LogP contribution is 2.39. The number of thiazole rings is 1. The van der Waals surface area contributed by atoms with Gasteiger partial charge < -0.3 is 19.7 Å². The number of carbonyl (C=O) groups excluding carboxylic acids is 1. The quantitative estimate of drug-likeness (QED) is 0.307. The Morgan fingerprint density at radius 1 is 1.37 bits per heavy atom. The summed E-state index contributed by atoms with van der Waals surface area (Å²) >= 11 is 1.35. The van der Waals surface area contributed by atoms with Crippen molar-refractivity contribution in [2.45, 2.75) is 13.8 Å². The summed E-state index contributed by atoms with van der Waals surface area (Å²) in [5, 5.41) is 24.1. The van der Waals surface area contributed by atoms with Crippen LogP contribution in [-0.2, 0) is 4.79 Å². The van der Waals surface area contributed by atoms with Crippen molar-refractivity contribution in [1.29, 1.82) is 5.26 Å². The van der Waals surface area contributed by atoms with E-state index in [2.05, 4.69) is 10.3 Å². The number of nitriles is 1. The minimum atomic E-state index is -0.768. The van der Waals surface area contributed by atoms with Crippen molar-refractivity contribution in [3.8, 4) is 17.6 Å². The molecule has 1 aromatic carbocycles. The molecule has 0 unspecified atom stereocenters. The van der Waals surface area contributed by atoms with Gasteiger partial charge in [0.15, 0.2) is 16.6 Å². The van der Waals surface area contributed by atoms with Gasteiger partial charge in [-0.3, -0.25) is 14.9 Å². The summed E-state index contributed by atoms with van der Waals surface area (Å²) in [6, 6.07) is 4.35. The Hall–Kier alpha value is -3.65. The van der Waals surface area contributed by atoms with E-state index in [0.717, 1.165) is 18.2 Å². The molecule has 1 N–H and O–H groups in total. The standard InChI is InChI=1S/C19H19N5O5S/c1-3-23(4-2)19-21-11-13(30-19)7-12(10-20)18(25)22-14-8-16-17(29-6-5-28-16)9-15(14)24(26)27/h7-9,11H,3-6H2,1-2H3,(H,22,25)/b12-7+. The number of fused-ring (bicyclic) bond motifs is 1. The molecule has 0 saturated carbocycles. The average molecular weight is 429 g/mol. The van der Waals surface area contributed by atoms with Crippen LogP contribution in [0.4, 0.5) is 16.5 Å². The van der Waals surface area contributed by atoms with E-state index >= 15 is 0 Å². The Balaban J connectivity index is 1.86. The Morgan fingerprint density at radius 3 is 2.63 bits per heavy atom. The van der Waals surface area contributed by atoms with Crippen molar-refractivity contribution >= 4 is 39.8 Å². The number of nitro benzene ring substituents is 1. The molecule has 11 heteroatoms. The lowest BCUT2D eigenvalue weighted by atomic mass is 10.2. The summed E-state index contributed by atoms with van der Waals surface area (Å²) in [6.07, 6.45) is 2.99. The fourth-order valence-electron chi connectivity index (χ4n) is 2.79. The zero-order valence-electron chi connectivity index (χ0n) is 16.4. The number of carbonyl (C=O) groups is 1. The minimum Gasteiger partial charge on any atom is -0.486 e. The average Bonchev–Trinajstić information content (AvgIpc) is 3.20. The third kappa shape index (κ3) is 4.49. The second kappa shape index (κ2) is 9.23. The second-order valence-electron chi connectivity index (χ2n) is 6.11. The molecule has 1 aliphatic heterocycles. The molecule has 0 aliphatic carbocycles. The van der Waals surface area contributed by atoms with Crippen LogP contribution < -0.4 is 19.7 Å². The van der Waals surface area contributed by atoms with Gasteiger partial charge in [0.1, 0.15) is 30.5 Å². The summed E-state index contributed by atoms with van der Waals surface area (Å²) in [7, 11) is 0. The summed E-state index contributed by atoms with van der Waals surface area (Å²) in [6.45, 7) is 6.16. The van der Waals surface area contributed by atoms with Gasteiger partial charge in [0.25, 0.3) is 11.6 Å². The monoisotopic (exact) mass is 429 g/mol. The van der Waals surface area contributed by atoms with E-state index in [1.807, 2.05) is 24.8 Å². The van der Waals surface area contributed by atoms with Crippen molar-refractivity contribution < 1.29 is 19.2 Å². The van der Waals surface area contributed by atoms with Crippen molar-refractivity contribution in [1.82, 2.24) is 4.98 Å². The van der Waals surface area contributed by atoms with Gasteiger partial charge in [0.05, 0.1) is 15.9 Å². The van der Waals surface area contributed by atoms with E-state index in [1.165, 1.54) is 29.5 Å². The molecule has 0 atom stereocenters. The van der Waals surface area contributed by atoms with E-state index in [9.17, 15) is 20.2 Å². The highest BCUT2D eigenvalue weighted by atomic mass is 32.1. The first-order valence-corrected chi connectivity index (χ1v) is 10.00. The zero-order valence-corrected chi connectivity index (χ0v) is 17.2. The maximum atomic E-state index is 12.6. The lowest BCUT2D eigenvalue weighted by molar-refractivity contribution is -0.384. The lowest BCUT2D eigenvalue weighted by Gasteiger charge is -2.19. The first kappa shape index (κ1) is 21.1. The van der Waals surface area contributed by atoms with Crippen molar-refractivity contribution in [2.75, 3.05) is 36.5 Å².